The summed E-state index contributed by atoms with van der Waals surface area (Å²) in [5.41, 5.74) is 2.30. The number of hydrogen-bond acceptors (Lipinski definition) is 6. The van der Waals surface area contributed by atoms with Gasteiger partial charge >= 0.3 is 0 Å². The largest absolute Gasteiger partial charge is 0.497 e. The van der Waals surface area contributed by atoms with Crippen LogP contribution in [0.2, 0.25) is 0 Å². The van der Waals surface area contributed by atoms with Gasteiger partial charge in [-0.3, -0.25) is 0 Å². The van der Waals surface area contributed by atoms with Crippen LogP contribution in [0.15, 0.2) is 58.6 Å². The third-order valence-electron chi connectivity index (χ3n) is 4.18. The number of hydrazone groups is 1. The van der Waals surface area contributed by atoms with Crippen LogP contribution in [0.5, 0.6) is 11.5 Å². The van der Waals surface area contributed by atoms with Crippen LogP contribution in [0, 0.1) is 0 Å². The monoisotopic (exact) mass is 353 g/mol. The van der Waals surface area contributed by atoms with E-state index < -0.39 is 0 Å². The van der Waals surface area contributed by atoms with Gasteiger partial charge in [0.15, 0.2) is 5.17 Å². The van der Waals surface area contributed by atoms with Crippen LogP contribution in [-0.4, -0.2) is 35.9 Å². The highest BCUT2D eigenvalue weighted by molar-refractivity contribution is 8.13. The van der Waals surface area contributed by atoms with Gasteiger partial charge in [0.2, 0.25) is 0 Å². The molecule has 0 amide bonds. The number of nitrogens with zero attached hydrogens (tertiary/aromatic N) is 3. The smallest absolute Gasteiger partial charge is 0.185 e. The number of fused-ring (bicyclic) bond motifs is 3. The fourth-order valence-corrected chi connectivity index (χ4v) is 3.76. The van der Waals surface area contributed by atoms with Crippen molar-refractivity contribution in [1.29, 1.82) is 0 Å². The molecule has 6 heteroatoms. The Morgan fingerprint density at radius 3 is 2.76 bits per heavy atom. The molecule has 0 radical (unpaired) electrons. The Bertz CT molecular complexity index is 805. The second-order valence-electron chi connectivity index (χ2n) is 5.72. The Kier molecular flexibility index (Phi) is 4.61. The van der Waals surface area contributed by atoms with Gasteiger partial charge in [0.25, 0.3) is 0 Å². The summed E-state index contributed by atoms with van der Waals surface area (Å²) in [6.07, 6.45) is 2.90. The van der Waals surface area contributed by atoms with E-state index in [4.69, 9.17) is 14.5 Å². The third kappa shape index (κ3) is 3.35. The fourth-order valence-electron chi connectivity index (χ4n) is 2.94. The highest BCUT2D eigenvalue weighted by atomic mass is 32.2. The van der Waals surface area contributed by atoms with Crippen molar-refractivity contribution < 1.29 is 9.47 Å². The molecule has 25 heavy (non-hydrogen) atoms. The molecule has 2 aliphatic rings. The molecule has 5 nitrogen and oxygen atoms in total. The van der Waals surface area contributed by atoms with E-state index in [0.29, 0.717) is 6.61 Å². The van der Waals surface area contributed by atoms with E-state index in [2.05, 4.69) is 23.3 Å². The summed E-state index contributed by atoms with van der Waals surface area (Å²) >= 11 is 1.68. The summed E-state index contributed by atoms with van der Waals surface area (Å²) in [6.45, 7) is 0.611. The number of thioether (sulfide) groups is 1. The number of ether oxygens (including phenoxy) is 2. The van der Waals surface area contributed by atoms with Crippen molar-refractivity contribution in [2.24, 2.45) is 10.1 Å². The maximum absolute atomic E-state index is 5.79. The minimum atomic E-state index is 0.277. The van der Waals surface area contributed by atoms with Gasteiger partial charge in [-0.25, -0.2) is 10.0 Å². The van der Waals surface area contributed by atoms with Crippen LogP contribution in [-0.2, 0) is 0 Å². The van der Waals surface area contributed by atoms with Crippen LogP contribution >= 0.6 is 11.8 Å². The highest BCUT2D eigenvalue weighted by Gasteiger charge is 2.32. The molecule has 0 bridgehead atoms. The predicted octanol–water partition coefficient (Wildman–Crippen LogP) is 4.24. The minimum absolute atomic E-state index is 0.277. The molecule has 2 aromatic rings. The number of para-hydroxylation sites is 1. The molecular formula is C19H19N3O2S. The van der Waals surface area contributed by atoms with Gasteiger partial charge in [-0.05, 0) is 30.3 Å². The van der Waals surface area contributed by atoms with Crippen molar-refractivity contribution in [1.82, 2.24) is 5.01 Å². The molecule has 128 valence electrons. The zero-order valence-electron chi connectivity index (χ0n) is 14.0. The van der Waals surface area contributed by atoms with Gasteiger partial charge in [-0.15, -0.1) is 0 Å². The van der Waals surface area contributed by atoms with Crippen LogP contribution in [0.4, 0.5) is 5.69 Å². The van der Waals surface area contributed by atoms with E-state index in [9.17, 15) is 0 Å². The van der Waals surface area contributed by atoms with E-state index in [1.807, 2.05) is 41.6 Å². The number of methoxy groups -OCH3 is 1. The molecule has 4 rings (SSSR count). The lowest BCUT2D eigenvalue weighted by Gasteiger charge is -2.29. The molecule has 0 saturated carbocycles. The lowest BCUT2D eigenvalue weighted by molar-refractivity contribution is 0.342. The summed E-state index contributed by atoms with van der Waals surface area (Å²) in [5.74, 6) is 2.48. The van der Waals surface area contributed by atoms with Gasteiger partial charge in [-0.1, -0.05) is 30.0 Å². The molecule has 0 unspecified atom stereocenters. The molecule has 0 fully saturated rings. The Hall–Kier alpha value is -2.47. The average Bonchev–Trinajstić information content (AvgIpc) is 3.16. The highest BCUT2D eigenvalue weighted by Crippen LogP contribution is 2.40. The number of aliphatic imine (C=N–C) groups is 1. The van der Waals surface area contributed by atoms with Crippen molar-refractivity contribution in [3.8, 4) is 11.5 Å². The molecule has 1 atom stereocenters. The van der Waals surface area contributed by atoms with E-state index in [-0.39, 0.29) is 6.04 Å². The van der Waals surface area contributed by atoms with Crippen molar-refractivity contribution >= 4 is 28.8 Å². The van der Waals surface area contributed by atoms with Crippen molar-refractivity contribution in [2.45, 2.75) is 12.5 Å². The molecule has 2 aromatic carbocycles. The van der Waals surface area contributed by atoms with Crippen LogP contribution < -0.4 is 9.47 Å². The van der Waals surface area contributed by atoms with Gasteiger partial charge < -0.3 is 9.47 Å². The lowest BCUT2D eigenvalue weighted by Crippen LogP contribution is -2.28. The first kappa shape index (κ1) is 16.0. The van der Waals surface area contributed by atoms with Gasteiger partial charge in [0, 0.05) is 24.0 Å². The fraction of sp³-hybridized carbons (Fsp3) is 0.263. The normalized spacial score (nSPS) is 17.7. The first-order chi connectivity index (χ1) is 12.3. The zero-order valence-corrected chi connectivity index (χ0v) is 14.8. The van der Waals surface area contributed by atoms with Crippen LogP contribution in [0.25, 0.3) is 0 Å². The molecular weight excluding hydrogens is 334 g/mol. The maximum atomic E-state index is 5.79. The molecule has 0 N–H and O–H groups in total. The molecule has 2 aliphatic heterocycles. The average molecular weight is 353 g/mol. The first-order valence-corrected chi connectivity index (χ1v) is 9.22. The second kappa shape index (κ2) is 7.19. The minimum Gasteiger partial charge on any atom is -0.497 e. The summed E-state index contributed by atoms with van der Waals surface area (Å²) in [7, 11) is 1.66. The summed E-state index contributed by atoms with van der Waals surface area (Å²) in [4.78, 5) is 4.77. The predicted molar refractivity (Wildman–Crippen MR) is 102 cm³/mol. The lowest BCUT2D eigenvalue weighted by atomic mass is 10.0. The Balaban J connectivity index is 1.37. The number of amidine groups is 1. The first-order valence-electron chi connectivity index (χ1n) is 8.24. The van der Waals surface area contributed by atoms with Crippen molar-refractivity contribution in [3.63, 3.8) is 0 Å². The number of benzene rings is 2. The van der Waals surface area contributed by atoms with Crippen LogP contribution in [0.3, 0.4) is 0 Å². The third-order valence-corrected chi connectivity index (χ3v) is 5.09. The maximum Gasteiger partial charge on any atom is 0.185 e. The molecule has 0 aliphatic carbocycles. The van der Waals surface area contributed by atoms with Gasteiger partial charge in [-0.2, -0.15) is 5.10 Å². The number of hydrogen-bond donors (Lipinski definition) is 0. The second-order valence-corrected chi connectivity index (χ2v) is 6.78. The van der Waals surface area contributed by atoms with Gasteiger partial charge in [0.1, 0.15) is 11.5 Å². The van der Waals surface area contributed by atoms with Crippen molar-refractivity contribution in [2.75, 3.05) is 19.5 Å². The quantitative estimate of drug-likeness (QED) is 0.754. The van der Waals surface area contributed by atoms with Crippen molar-refractivity contribution in [3.05, 3.63) is 54.1 Å². The Labute approximate surface area is 151 Å². The topological polar surface area (TPSA) is 46.4 Å². The van der Waals surface area contributed by atoms with Crippen LogP contribution in [0.1, 0.15) is 18.0 Å². The van der Waals surface area contributed by atoms with E-state index in [1.165, 1.54) is 5.56 Å². The zero-order chi connectivity index (χ0) is 17.1. The summed E-state index contributed by atoms with van der Waals surface area (Å²) in [6, 6.07) is 16.2. The summed E-state index contributed by atoms with van der Waals surface area (Å²) < 4.78 is 10.9. The van der Waals surface area contributed by atoms with E-state index >= 15 is 0 Å². The summed E-state index contributed by atoms with van der Waals surface area (Å²) in [5, 5.41) is 7.46. The SMILES string of the molecule is COc1ccc(OCCSC2=Nc3ccccc3[C@@H]3CC=NN23)cc1. The molecule has 0 spiro atoms. The number of rotatable bonds is 5. The van der Waals surface area contributed by atoms with E-state index in [1.54, 1.807) is 18.9 Å². The van der Waals surface area contributed by atoms with E-state index in [0.717, 1.165) is 34.5 Å². The molecule has 0 aromatic heterocycles. The van der Waals surface area contributed by atoms with Gasteiger partial charge in [0.05, 0.1) is 25.4 Å². The Morgan fingerprint density at radius 2 is 1.92 bits per heavy atom. The molecule has 0 saturated heterocycles. The Morgan fingerprint density at radius 1 is 1.12 bits per heavy atom. The standard InChI is InChI=1S/C19H19N3O2S/c1-23-14-6-8-15(9-7-14)24-12-13-25-19-21-17-5-3-2-4-16(17)18-10-11-20-22(18)19/h2-9,11,18H,10,12-13H2,1H3/t18-/m0/s1. The molecule has 2 heterocycles.